The van der Waals surface area contributed by atoms with Gasteiger partial charge in [-0.15, -0.1) is 0 Å². The SMILES string of the molecule is CCC(=O)C1(c2ccccc2Sc2ccccc2)CCN(CCCC(=O)c2ccc(F)cc2)CC1.O=C(O)C(=O)O. The van der Waals surface area contributed by atoms with Crippen molar-refractivity contribution in [3.05, 3.63) is 95.8 Å². The normalized spacial score (nSPS) is 14.4. The van der Waals surface area contributed by atoms with Crippen LogP contribution in [-0.4, -0.2) is 58.3 Å². The molecule has 1 saturated heterocycles. The second-order valence-corrected chi connectivity index (χ2v) is 10.9. The second-order valence-electron chi connectivity index (χ2n) is 9.76. The summed E-state index contributed by atoms with van der Waals surface area (Å²) >= 11 is 1.72. The predicted octanol–water partition coefficient (Wildman–Crippen LogP) is 6.11. The largest absolute Gasteiger partial charge is 0.473 e. The van der Waals surface area contributed by atoms with Crippen LogP contribution in [0.5, 0.6) is 0 Å². The minimum Gasteiger partial charge on any atom is -0.473 e. The van der Waals surface area contributed by atoms with Crippen LogP contribution in [-0.2, 0) is 19.8 Å². The van der Waals surface area contributed by atoms with Crippen LogP contribution in [0, 0.1) is 5.82 Å². The number of benzene rings is 3. The topological polar surface area (TPSA) is 112 Å². The number of carbonyl (C=O) groups is 4. The van der Waals surface area contributed by atoms with Gasteiger partial charge in [-0.3, -0.25) is 9.59 Å². The lowest BCUT2D eigenvalue weighted by molar-refractivity contribution is -0.159. The van der Waals surface area contributed by atoms with Crippen LogP contribution >= 0.6 is 11.8 Å². The Morgan fingerprint density at radius 2 is 1.44 bits per heavy atom. The van der Waals surface area contributed by atoms with Crippen LogP contribution in [0.15, 0.2) is 88.7 Å². The molecule has 1 fully saturated rings. The van der Waals surface area contributed by atoms with Crippen LogP contribution in [0.1, 0.15) is 54.9 Å². The summed E-state index contributed by atoms with van der Waals surface area (Å²) in [6.45, 7) is 4.45. The number of carboxylic acids is 2. The second kappa shape index (κ2) is 15.3. The lowest BCUT2D eigenvalue weighted by Crippen LogP contribution is -2.47. The molecule has 2 N–H and O–H groups in total. The molecule has 216 valence electrons. The molecule has 1 heterocycles. The molecule has 0 radical (unpaired) electrons. The average Bonchev–Trinajstić information content (AvgIpc) is 2.98. The Labute approximate surface area is 243 Å². The van der Waals surface area contributed by atoms with E-state index < -0.39 is 17.4 Å². The molecule has 0 amide bonds. The average molecular weight is 580 g/mol. The van der Waals surface area contributed by atoms with E-state index in [4.69, 9.17) is 19.8 Å². The van der Waals surface area contributed by atoms with Gasteiger partial charge in [0.25, 0.3) is 0 Å². The van der Waals surface area contributed by atoms with Crippen molar-refractivity contribution in [3.63, 3.8) is 0 Å². The maximum absolute atomic E-state index is 13.4. The van der Waals surface area contributed by atoms with Crippen molar-refractivity contribution in [3.8, 4) is 0 Å². The number of likely N-dealkylation sites (tertiary alicyclic amines) is 1. The number of carbonyl (C=O) groups excluding carboxylic acids is 2. The molecule has 0 aromatic heterocycles. The predicted molar refractivity (Wildman–Crippen MR) is 155 cm³/mol. The zero-order valence-electron chi connectivity index (χ0n) is 22.9. The number of ketones is 2. The van der Waals surface area contributed by atoms with Gasteiger partial charge in [0.05, 0.1) is 5.41 Å². The summed E-state index contributed by atoms with van der Waals surface area (Å²) in [7, 11) is 0. The summed E-state index contributed by atoms with van der Waals surface area (Å²) < 4.78 is 13.1. The first kappa shape index (κ1) is 31.7. The molecule has 41 heavy (non-hydrogen) atoms. The monoisotopic (exact) mass is 579 g/mol. The maximum Gasteiger partial charge on any atom is 0.414 e. The molecular weight excluding hydrogens is 545 g/mol. The highest BCUT2D eigenvalue weighted by Crippen LogP contribution is 2.43. The number of nitrogens with zero attached hydrogens (tertiary/aromatic N) is 1. The van der Waals surface area contributed by atoms with Crippen molar-refractivity contribution >= 4 is 35.3 Å². The molecule has 3 aromatic rings. The Morgan fingerprint density at radius 3 is 2.02 bits per heavy atom. The van der Waals surface area contributed by atoms with Gasteiger partial charge in [0.2, 0.25) is 0 Å². The fraction of sp³-hybridized carbons (Fsp3) is 0.312. The highest BCUT2D eigenvalue weighted by Gasteiger charge is 2.42. The number of rotatable bonds is 10. The Morgan fingerprint density at radius 1 is 0.854 bits per heavy atom. The molecule has 0 atom stereocenters. The van der Waals surface area contributed by atoms with Gasteiger partial charge in [-0.25, -0.2) is 14.0 Å². The molecule has 0 unspecified atom stereocenters. The summed E-state index contributed by atoms with van der Waals surface area (Å²) in [4.78, 5) is 48.7. The van der Waals surface area contributed by atoms with Crippen molar-refractivity contribution in [1.29, 1.82) is 0 Å². The molecule has 7 nitrogen and oxygen atoms in total. The van der Waals surface area contributed by atoms with Crippen LogP contribution < -0.4 is 0 Å². The van der Waals surface area contributed by atoms with Gasteiger partial charge in [-0.1, -0.05) is 55.1 Å². The van der Waals surface area contributed by atoms with Gasteiger partial charge < -0.3 is 15.1 Å². The third-order valence-corrected chi connectivity index (χ3v) is 8.25. The van der Waals surface area contributed by atoms with Crippen LogP contribution in [0.25, 0.3) is 0 Å². The van der Waals surface area contributed by atoms with Gasteiger partial charge in [0.15, 0.2) is 5.78 Å². The van der Waals surface area contributed by atoms with E-state index in [1.54, 1.807) is 23.9 Å². The molecule has 1 aliphatic rings. The molecule has 0 aliphatic carbocycles. The summed E-state index contributed by atoms with van der Waals surface area (Å²) in [5.41, 5.74) is 1.24. The Hall–Kier alpha value is -3.82. The molecule has 1 aliphatic heterocycles. The van der Waals surface area contributed by atoms with Crippen LogP contribution in [0.2, 0.25) is 0 Å². The molecule has 3 aromatic carbocycles. The van der Waals surface area contributed by atoms with E-state index in [2.05, 4.69) is 29.2 Å². The highest BCUT2D eigenvalue weighted by atomic mass is 32.2. The third kappa shape index (κ3) is 8.83. The van der Waals surface area contributed by atoms with E-state index >= 15 is 0 Å². The first-order valence-corrected chi connectivity index (χ1v) is 14.3. The van der Waals surface area contributed by atoms with Crippen molar-refractivity contribution in [2.24, 2.45) is 0 Å². The minimum atomic E-state index is -1.82. The molecule has 0 saturated carbocycles. The van der Waals surface area contributed by atoms with Gasteiger partial charge in [0.1, 0.15) is 11.6 Å². The van der Waals surface area contributed by atoms with Crippen LogP contribution in [0.3, 0.4) is 0 Å². The summed E-state index contributed by atoms with van der Waals surface area (Å²) in [6.07, 6.45) is 3.30. The number of piperidine rings is 1. The smallest absolute Gasteiger partial charge is 0.414 e. The van der Waals surface area contributed by atoms with Crippen LogP contribution in [0.4, 0.5) is 4.39 Å². The highest BCUT2D eigenvalue weighted by molar-refractivity contribution is 7.99. The van der Waals surface area contributed by atoms with E-state index in [0.717, 1.165) is 49.4 Å². The lowest BCUT2D eigenvalue weighted by atomic mass is 9.69. The third-order valence-electron chi connectivity index (χ3n) is 7.17. The Bertz CT molecular complexity index is 1330. The van der Waals surface area contributed by atoms with E-state index in [1.165, 1.54) is 17.0 Å². The van der Waals surface area contributed by atoms with E-state index in [9.17, 15) is 14.0 Å². The van der Waals surface area contributed by atoms with Gasteiger partial charge in [0, 0.05) is 28.2 Å². The quantitative estimate of drug-likeness (QED) is 0.219. The number of Topliss-reactive ketones (excluding diaryl/α,β-unsaturated/α-hetero) is 2. The van der Waals surface area contributed by atoms with E-state index in [-0.39, 0.29) is 11.6 Å². The van der Waals surface area contributed by atoms with Crippen molar-refractivity contribution in [2.45, 2.75) is 54.2 Å². The number of aliphatic carboxylic acids is 2. The Balaban J connectivity index is 0.000000696. The maximum atomic E-state index is 13.4. The minimum absolute atomic E-state index is 0.0457. The van der Waals surface area contributed by atoms with Gasteiger partial charge in [-0.05, 0) is 86.9 Å². The number of hydrogen-bond donors (Lipinski definition) is 2. The van der Waals surface area contributed by atoms with Crippen molar-refractivity contribution < 1.29 is 33.8 Å². The molecule has 9 heteroatoms. The number of halogens is 1. The molecule has 0 spiro atoms. The fourth-order valence-corrected chi connectivity index (χ4v) is 6.07. The van der Waals surface area contributed by atoms with Crippen molar-refractivity contribution in [1.82, 2.24) is 4.90 Å². The Kier molecular flexibility index (Phi) is 11.8. The summed E-state index contributed by atoms with van der Waals surface area (Å²) in [6, 6.07) is 24.4. The van der Waals surface area contributed by atoms with Crippen molar-refractivity contribution in [2.75, 3.05) is 19.6 Å². The lowest BCUT2D eigenvalue weighted by Gasteiger charge is -2.42. The zero-order valence-corrected chi connectivity index (χ0v) is 23.7. The zero-order chi connectivity index (χ0) is 29.8. The van der Waals surface area contributed by atoms with Gasteiger partial charge in [-0.2, -0.15) is 0 Å². The standard InChI is InChI=1S/C30H32FNO2S.C2H2O4/c1-2-29(34)30(26-11-6-7-13-28(26)35-25-9-4-3-5-10-25)18-21-32(22-19-30)20-8-12-27(33)23-14-16-24(31)17-15-23;3-1(4)2(5)6/h3-7,9-11,13-17H,2,8,12,18-22H2,1H3;(H,3,4)(H,5,6). The van der Waals surface area contributed by atoms with Gasteiger partial charge >= 0.3 is 11.9 Å². The fourth-order valence-electron chi connectivity index (χ4n) is 5.00. The summed E-state index contributed by atoms with van der Waals surface area (Å²) in [5.74, 6) is -3.62. The van der Waals surface area contributed by atoms with E-state index in [0.29, 0.717) is 24.2 Å². The van der Waals surface area contributed by atoms with E-state index in [1.807, 2.05) is 37.3 Å². The first-order chi connectivity index (χ1) is 19.7. The number of hydrogen-bond acceptors (Lipinski definition) is 6. The first-order valence-electron chi connectivity index (χ1n) is 13.5. The summed E-state index contributed by atoms with van der Waals surface area (Å²) in [5, 5.41) is 14.8. The molecular formula is C32H34FNO6S. The number of carboxylic acid groups (broad SMARTS) is 2. The molecule has 0 bridgehead atoms. The molecule has 4 rings (SSSR count).